The number of sulfone groups is 1. The quantitative estimate of drug-likeness (QED) is 0.780. The number of Topliss-reactive ketones (excluding diaryl/α,β-unsaturated/α-hetero) is 1. The predicted octanol–water partition coefficient (Wildman–Crippen LogP) is 2.44. The summed E-state index contributed by atoms with van der Waals surface area (Å²) in [5.41, 5.74) is 0.670. The molecular weight excluding hydrogens is 252 g/mol. The van der Waals surface area contributed by atoms with Crippen molar-refractivity contribution in [3.63, 3.8) is 0 Å². The fourth-order valence-corrected chi connectivity index (χ4v) is 2.41. The number of ketones is 1. The molecule has 0 atom stereocenters. The minimum atomic E-state index is -3.01. The monoisotopic (exact) mass is 266 g/mol. The number of carbonyl (C=O) groups is 1. The molecule has 1 heterocycles. The average Bonchev–Trinajstić information content (AvgIpc) is 2.70. The lowest BCUT2D eigenvalue weighted by molar-refractivity contribution is 0.0957. The summed E-state index contributed by atoms with van der Waals surface area (Å²) in [6, 6.07) is 9.06. The Morgan fingerprint density at radius 1 is 1.28 bits per heavy atom. The van der Waals surface area contributed by atoms with Crippen molar-refractivity contribution in [3.8, 4) is 0 Å². The predicted molar refractivity (Wildman–Crippen MR) is 69.5 cm³/mol. The lowest BCUT2D eigenvalue weighted by Gasteiger charge is -1.97. The standard InChI is InChI=1S/C13H14O4S/c1-18(15,16)8-4-6-11(14)13-9-10-5-2-3-7-12(10)17-13/h2-3,5,7,9H,4,6,8H2,1H3. The van der Waals surface area contributed by atoms with Crippen LogP contribution in [0.4, 0.5) is 0 Å². The second kappa shape index (κ2) is 4.94. The van der Waals surface area contributed by atoms with E-state index < -0.39 is 9.84 Å². The van der Waals surface area contributed by atoms with Gasteiger partial charge in [0.2, 0.25) is 0 Å². The minimum absolute atomic E-state index is 0.0268. The number of benzene rings is 1. The first-order valence-electron chi connectivity index (χ1n) is 5.65. The molecule has 5 heteroatoms. The van der Waals surface area contributed by atoms with Crippen molar-refractivity contribution in [2.45, 2.75) is 12.8 Å². The van der Waals surface area contributed by atoms with Gasteiger partial charge < -0.3 is 4.42 Å². The molecule has 4 nitrogen and oxygen atoms in total. The van der Waals surface area contributed by atoms with E-state index in [1.54, 1.807) is 12.1 Å². The Hall–Kier alpha value is -1.62. The third-order valence-corrected chi connectivity index (χ3v) is 3.65. The molecule has 0 fully saturated rings. The number of para-hydroxylation sites is 1. The third kappa shape index (κ3) is 3.20. The lowest BCUT2D eigenvalue weighted by atomic mass is 10.2. The molecule has 0 bridgehead atoms. The number of fused-ring (bicyclic) bond motifs is 1. The summed E-state index contributed by atoms with van der Waals surface area (Å²) in [4.78, 5) is 11.8. The largest absolute Gasteiger partial charge is 0.453 e. The van der Waals surface area contributed by atoms with Gasteiger partial charge >= 0.3 is 0 Å². The highest BCUT2D eigenvalue weighted by atomic mass is 32.2. The van der Waals surface area contributed by atoms with Gasteiger partial charge in [0.15, 0.2) is 11.5 Å². The van der Waals surface area contributed by atoms with E-state index in [4.69, 9.17) is 4.42 Å². The van der Waals surface area contributed by atoms with E-state index in [2.05, 4.69) is 0 Å². The van der Waals surface area contributed by atoms with Crippen LogP contribution in [-0.4, -0.2) is 26.2 Å². The molecule has 0 saturated carbocycles. The van der Waals surface area contributed by atoms with Crippen LogP contribution in [0.2, 0.25) is 0 Å². The zero-order valence-corrected chi connectivity index (χ0v) is 10.9. The summed E-state index contributed by atoms with van der Waals surface area (Å²) in [5, 5.41) is 0.879. The van der Waals surface area contributed by atoms with Crippen molar-refractivity contribution < 1.29 is 17.6 Å². The second-order valence-electron chi connectivity index (χ2n) is 4.31. The Balaban J connectivity index is 2.05. The van der Waals surface area contributed by atoms with Crippen LogP contribution in [0.5, 0.6) is 0 Å². The van der Waals surface area contributed by atoms with Crippen LogP contribution in [0.15, 0.2) is 34.7 Å². The molecule has 1 aromatic heterocycles. The Bertz CT molecular complexity index is 634. The normalized spacial score (nSPS) is 11.8. The van der Waals surface area contributed by atoms with Crippen LogP contribution in [0.25, 0.3) is 11.0 Å². The fraction of sp³-hybridized carbons (Fsp3) is 0.308. The van der Waals surface area contributed by atoms with Crippen LogP contribution in [-0.2, 0) is 9.84 Å². The van der Waals surface area contributed by atoms with Gasteiger partial charge in [0.05, 0.1) is 5.75 Å². The molecule has 2 aromatic rings. The van der Waals surface area contributed by atoms with Crippen LogP contribution >= 0.6 is 0 Å². The molecule has 0 aliphatic carbocycles. The molecule has 0 N–H and O–H groups in total. The van der Waals surface area contributed by atoms with Crippen molar-refractivity contribution in [2.24, 2.45) is 0 Å². The Labute approximate surface area is 106 Å². The van der Waals surface area contributed by atoms with E-state index in [1.165, 1.54) is 6.26 Å². The topological polar surface area (TPSA) is 64.3 Å². The first-order chi connectivity index (χ1) is 8.46. The molecule has 0 aliphatic heterocycles. The summed E-state index contributed by atoms with van der Waals surface area (Å²) in [5.74, 6) is 0.165. The molecule has 0 amide bonds. The van der Waals surface area contributed by atoms with Crippen LogP contribution < -0.4 is 0 Å². The Morgan fingerprint density at radius 3 is 2.67 bits per heavy atom. The molecule has 0 unspecified atom stereocenters. The summed E-state index contributed by atoms with van der Waals surface area (Å²) < 4.78 is 27.3. The molecule has 0 aliphatic rings. The van der Waals surface area contributed by atoms with Gasteiger partial charge in [0, 0.05) is 18.1 Å². The first-order valence-corrected chi connectivity index (χ1v) is 7.71. The number of rotatable bonds is 5. The Morgan fingerprint density at radius 2 is 2.00 bits per heavy atom. The van der Waals surface area contributed by atoms with Crippen LogP contribution in [0.1, 0.15) is 23.4 Å². The highest BCUT2D eigenvalue weighted by Crippen LogP contribution is 2.20. The average molecular weight is 266 g/mol. The number of hydrogen-bond donors (Lipinski definition) is 0. The SMILES string of the molecule is CS(=O)(=O)CCCC(=O)c1cc2ccccc2o1. The maximum atomic E-state index is 11.8. The summed E-state index contributed by atoms with van der Waals surface area (Å²) in [7, 11) is -3.01. The fourth-order valence-electron chi connectivity index (χ4n) is 1.74. The third-order valence-electron chi connectivity index (χ3n) is 2.62. The molecular formula is C13H14O4S. The highest BCUT2D eigenvalue weighted by molar-refractivity contribution is 7.90. The van der Waals surface area contributed by atoms with Gasteiger partial charge in [-0.05, 0) is 18.6 Å². The molecule has 0 radical (unpaired) electrons. The zero-order chi connectivity index (χ0) is 13.2. The van der Waals surface area contributed by atoms with E-state index in [0.29, 0.717) is 17.8 Å². The molecule has 1 aromatic carbocycles. The van der Waals surface area contributed by atoms with Gasteiger partial charge in [0.1, 0.15) is 15.4 Å². The minimum Gasteiger partial charge on any atom is -0.453 e. The zero-order valence-electron chi connectivity index (χ0n) is 10.0. The second-order valence-corrected chi connectivity index (χ2v) is 6.56. The van der Waals surface area contributed by atoms with Crippen molar-refractivity contribution in [3.05, 3.63) is 36.1 Å². The number of carbonyl (C=O) groups excluding carboxylic acids is 1. The number of hydrogen-bond acceptors (Lipinski definition) is 4. The van der Waals surface area contributed by atoms with Gasteiger partial charge in [-0.25, -0.2) is 8.42 Å². The smallest absolute Gasteiger partial charge is 0.198 e. The van der Waals surface area contributed by atoms with Crippen molar-refractivity contribution in [1.29, 1.82) is 0 Å². The van der Waals surface area contributed by atoms with E-state index in [0.717, 1.165) is 5.39 Å². The first kappa shape index (κ1) is 12.8. The van der Waals surface area contributed by atoms with Gasteiger partial charge in [-0.15, -0.1) is 0 Å². The number of furan rings is 1. The van der Waals surface area contributed by atoms with Gasteiger partial charge in [0.25, 0.3) is 0 Å². The van der Waals surface area contributed by atoms with E-state index in [-0.39, 0.29) is 18.0 Å². The van der Waals surface area contributed by atoms with Gasteiger partial charge in [-0.1, -0.05) is 18.2 Å². The van der Waals surface area contributed by atoms with Gasteiger partial charge in [-0.3, -0.25) is 4.79 Å². The van der Waals surface area contributed by atoms with Crippen molar-refractivity contribution in [2.75, 3.05) is 12.0 Å². The highest BCUT2D eigenvalue weighted by Gasteiger charge is 2.13. The van der Waals surface area contributed by atoms with Crippen molar-refractivity contribution >= 4 is 26.6 Å². The molecule has 0 spiro atoms. The molecule has 2 rings (SSSR count). The Kier molecular flexibility index (Phi) is 3.52. The van der Waals surface area contributed by atoms with Crippen molar-refractivity contribution in [1.82, 2.24) is 0 Å². The summed E-state index contributed by atoms with van der Waals surface area (Å²) in [6.45, 7) is 0. The molecule has 96 valence electrons. The maximum absolute atomic E-state index is 11.8. The van der Waals surface area contributed by atoms with Gasteiger partial charge in [-0.2, -0.15) is 0 Å². The lowest BCUT2D eigenvalue weighted by Crippen LogP contribution is -2.06. The molecule has 18 heavy (non-hydrogen) atoms. The van der Waals surface area contributed by atoms with E-state index in [1.807, 2.05) is 18.2 Å². The summed E-state index contributed by atoms with van der Waals surface area (Å²) >= 11 is 0. The van der Waals surface area contributed by atoms with Crippen LogP contribution in [0.3, 0.4) is 0 Å². The van der Waals surface area contributed by atoms with E-state index >= 15 is 0 Å². The molecule has 0 saturated heterocycles. The maximum Gasteiger partial charge on any atom is 0.198 e. The van der Waals surface area contributed by atoms with Crippen LogP contribution in [0, 0.1) is 0 Å². The summed E-state index contributed by atoms with van der Waals surface area (Å²) in [6.07, 6.45) is 1.68. The van der Waals surface area contributed by atoms with E-state index in [9.17, 15) is 13.2 Å².